The van der Waals surface area contributed by atoms with Crippen LogP contribution in [0.2, 0.25) is 0 Å². The van der Waals surface area contributed by atoms with Gasteiger partial charge in [-0.2, -0.15) is 0 Å². The number of hydrogen-bond acceptors (Lipinski definition) is 0. The van der Waals surface area contributed by atoms with Crippen LogP contribution in [0, 0.1) is 11.8 Å². The van der Waals surface area contributed by atoms with Crippen molar-refractivity contribution in [3.8, 4) is 0 Å². The monoisotopic (exact) mass is 182 g/mol. The molecule has 78 valence electrons. The molecule has 0 amide bonds. The highest BCUT2D eigenvalue weighted by atomic mass is 14.4. The summed E-state index contributed by atoms with van der Waals surface area (Å²) in [5, 5.41) is 0. The molecule has 0 heterocycles. The van der Waals surface area contributed by atoms with E-state index in [2.05, 4.69) is 13.8 Å². The first-order chi connectivity index (χ1) is 6.38. The molecule has 1 aliphatic carbocycles. The van der Waals surface area contributed by atoms with Gasteiger partial charge in [0.2, 0.25) is 0 Å². The molecular weight excluding hydrogens is 156 g/mol. The van der Waals surface area contributed by atoms with Gasteiger partial charge in [0.05, 0.1) is 0 Å². The summed E-state index contributed by atoms with van der Waals surface area (Å²) >= 11 is 0. The van der Waals surface area contributed by atoms with Crippen LogP contribution in [0.15, 0.2) is 0 Å². The largest absolute Gasteiger partial charge is 0.0654 e. The molecule has 0 aromatic carbocycles. The third kappa shape index (κ3) is 4.69. The molecule has 0 heteroatoms. The van der Waals surface area contributed by atoms with E-state index in [0.717, 1.165) is 11.8 Å². The van der Waals surface area contributed by atoms with Crippen molar-refractivity contribution in [2.75, 3.05) is 0 Å². The zero-order chi connectivity index (χ0) is 9.52. The van der Waals surface area contributed by atoms with Gasteiger partial charge in [0.15, 0.2) is 0 Å². The van der Waals surface area contributed by atoms with Crippen LogP contribution in [0.3, 0.4) is 0 Å². The van der Waals surface area contributed by atoms with E-state index in [0.29, 0.717) is 0 Å². The zero-order valence-electron chi connectivity index (χ0n) is 9.52. The van der Waals surface area contributed by atoms with E-state index < -0.39 is 0 Å². The molecule has 0 radical (unpaired) electrons. The van der Waals surface area contributed by atoms with Crippen molar-refractivity contribution < 1.29 is 0 Å². The van der Waals surface area contributed by atoms with Crippen molar-refractivity contribution >= 4 is 0 Å². The third-order valence-corrected chi connectivity index (χ3v) is 3.43. The van der Waals surface area contributed by atoms with E-state index >= 15 is 0 Å². The van der Waals surface area contributed by atoms with Gasteiger partial charge >= 0.3 is 0 Å². The van der Waals surface area contributed by atoms with Crippen LogP contribution in [-0.4, -0.2) is 0 Å². The number of unbranched alkanes of at least 4 members (excludes halogenated alkanes) is 4. The molecule has 1 rings (SSSR count). The second-order valence-electron chi connectivity index (χ2n) is 4.75. The van der Waals surface area contributed by atoms with Gasteiger partial charge in [-0.15, -0.1) is 0 Å². The summed E-state index contributed by atoms with van der Waals surface area (Å²) in [6.07, 6.45) is 13.3. The van der Waals surface area contributed by atoms with Gasteiger partial charge in [-0.1, -0.05) is 65.2 Å². The SMILES string of the molecule is CCCCCC1CC1CCCCC. The fraction of sp³-hybridized carbons (Fsp3) is 1.00. The van der Waals surface area contributed by atoms with Crippen molar-refractivity contribution in [2.45, 2.75) is 71.6 Å². The first kappa shape index (κ1) is 11.1. The van der Waals surface area contributed by atoms with Crippen molar-refractivity contribution in [1.82, 2.24) is 0 Å². The van der Waals surface area contributed by atoms with Gasteiger partial charge in [0.25, 0.3) is 0 Å². The minimum Gasteiger partial charge on any atom is -0.0654 e. The van der Waals surface area contributed by atoms with E-state index in [1.807, 2.05) is 0 Å². The molecule has 0 aromatic rings. The number of rotatable bonds is 8. The molecule has 1 saturated carbocycles. The van der Waals surface area contributed by atoms with Crippen LogP contribution in [0.1, 0.15) is 71.6 Å². The lowest BCUT2D eigenvalue weighted by Gasteiger charge is -1.99. The van der Waals surface area contributed by atoms with Crippen LogP contribution in [-0.2, 0) is 0 Å². The van der Waals surface area contributed by atoms with Crippen molar-refractivity contribution in [3.05, 3.63) is 0 Å². The summed E-state index contributed by atoms with van der Waals surface area (Å²) in [4.78, 5) is 0. The van der Waals surface area contributed by atoms with E-state index in [-0.39, 0.29) is 0 Å². The quantitative estimate of drug-likeness (QED) is 0.474. The molecule has 0 aliphatic heterocycles. The molecule has 13 heavy (non-hydrogen) atoms. The van der Waals surface area contributed by atoms with Crippen LogP contribution in [0.5, 0.6) is 0 Å². The Labute approximate surface area is 84.1 Å². The topological polar surface area (TPSA) is 0 Å². The highest BCUT2D eigenvalue weighted by Gasteiger charge is 2.34. The maximum atomic E-state index is 2.30. The summed E-state index contributed by atoms with van der Waals surface area (Å²) in [6.45, 7) is 4.59. The van der Waals surface area contributed by atoms with Crippen LogP contribution in [0.4, 0.5) is 0 Å². The first-order valence-electron chi connectivity index (χ1n) is 6.38. The highest BCUT2D eigenvalue weighted by molar-refractivity contribution is 4.85. The Morgan fingerprint density at radius 3 is 1.62 bits per heavy atom. The second kappa shape index (κ2) is 6.45. The minimum atomic E-state index is 1.14. The van der Waals surface area contributed by atoms with Gasteiger partial charge in [-0.25, -0.2) is 0 Å². The van der Waals surface area contributed by atoms with Crippen molar-refractivity contribution in [3.63, 3.8) is 0 Å². The minimum absolute atomic E-state index is 1.14. The number of hydrogen-bond donors (Lipinski definition) is 0. The van der Waals surface area contributed by atoms with E-state index in [1.165, 1.54) is 51.4 Å². The molecule has 0 spiro atoms. The van der Waals surface area contributed by atoms with Crippen LogP contribution >= 0.6 is 0 Å². The average molecular weight is 182 g/mol. The molecule has 0 N–H and O–H groups in total. The Balaban J connectivity index is 1.85. The summed E-state index contributed by atoms with van der Waals surface area (Å²) in [5.74, 6) is 2.28. The van der Waals surface area contributed by atoms with Gasteiger partial charge in [-0.3, -0.25) is 0 Å². The lowest BCUT2D eigenvalue weighted by molar-refractivity contribution is 0.540. The molecule has 1 fully saturated rings. The van der Waals surface area contributed by atoms with E-state index in [1.54, 1.807) is 6.42 Å². The maximum Gasteiger partial charge on any atom is -0.0383 e. The van der Waals surface area contributed by atoms with Gasteiger partial charge in [-0.05, 0) is 18.3 Å². The van der Waals surface area contributed by atoms with Gasteiger partial charge in [0.1, 0.15) is 0 Å². The molecule has 0 bridgehead atoms. The third-order valence-electron chi connectivity index (χ3n) is 3.43. The Morgan fingerprint density at radius 2 is 1.23 bits per heavy atom. The molecule has 2 atom stereocenters. The van der Waals surface area contributed by atoms with Gasteiger partial charge in [0, 0.05) is 0 Å². The average Bonchev–Trinajstić information content (AvgIpc) is 2.85. The smallest absolute Gasteiger partial charge is 0.0383 e. The van der Waals surface area contributed by atoms with E-state index in [9.17, 15) is 0 Å². The Kier molecular flexibility index (Phi) is 5.50. The van der Waals surface area contributed by atoms with Gasteiger partial charge < -0.3 is 0 Å². The summed E-state index contributed by atoms with van der Waals surface area (Å²) < 4.78 is 0. The fourth-order valence-electron chi connectivity index (χ4n) is 2.33. The Bertz CT molecular complexity index is 103. The maximum absolute atomic E-state index is 2.30. The summed E-state index contributed by atoms with van der Waals surface area (Å²) in [5.41, 5.74) is 0. The predicted octanol–water partition coefficient (Wildman–Crippen LogP) is 4.78. The Morgan fingerprint density at radius 1 is 0.769 bits per heavy atom. The van der Waals surface area contributed by atoms with Crippen molar-refractivity contribution in [2.24, 2.45) is 11.8 Å². The predicted molar refractivity (Wildman–Crippen MR) is 59.9 cm³/mol. The fourth-order valence-corrected chi connectivity index (χ4v) is 2.33. The first-order valence-corrected chi connectivity index (χ1v) is 6.38. The Hall–Kier alpha value is 0. The molecule has 0 saturated heterocycles. The molecule has 0 nitrogen and oxygen atoms in total. The van der Waals surface area contributed by atoms with Crippen molar-refractivity contribution in [1.29, 1.82) is 0 Å². The highest BCUT2D eigenvalue weighted by Crippen LogP contribution is 2.45. The summed E-state index contributed by atoms with van der Waals surface area (Å²) in [6, 6.07) is 0. The zero-order valence-corrected chi connectivity index (χ0v) is 9.52. The molecular formula is C13H26. The van der Waals surface area contributed by atoms with Crippen LogP contribution in [0.25, 0.3) is 0 Å². The lowest BCUT2D eigenvalue weighted by Crippen LogP contribution is -1.85. The normalized spacial score (nSPS) is 26.3. The van der Waals surface area contributed by atoms with E-state index in [4.69, 9.17) is 0 Å². The molecule has 2 unspecified atom stereocenters. The van der Waals surface area contributed by atoms with Crippen LogP contribution < -0.4 is 0 Å². The molecule has 0 aromatic heterocycles. The standard InChI is InChI=1S/C13H26/c1-3-5-7-9-12-11-13(12)10-8-6-4-2/h12-13H,3-11H2,1-2H3. The molecule has 1 aliphatic rings. The second-order valence-corrected chi connectivity index (χ2v) is 4.75. The summed E-state index contributed by atoms with van der Waals surface area (Å²) in [7, 11) is 0. The lowest BCUT2D eigenvalue weighted by atomic mass is 10.1.